The van der Waals surface area contributed by atoms with Gasteiger partial charge in [-0.2, -0.15) is 0 Å². The number of guanidine groups is 1. The lowest BCUT2D eigenvalue weighted by molar-refractivity contribution is -0.525. The minimum Gasteiger partial charge on any atom is -0.467 e. The molecular weight excluding hydrogens is 448 g/mol. The van der Waals surface area contributed by atoms with Gasteiger partial charge in [0.15, 0.2) is 5.03 Å². The number of nitrogens with two attached hydrogens (primary N) is 1. The molecule has 0 saturated carbocycles. The highest BCUT2D eigenvalue weighted by molar-refractivity contribution is 5.89. The minimum absolute atomic E-state index is 0.0525. The van der Waals surface area contributed by atoms with Crippen LogP contribution in [0, 0.1) is 10.1 Å². The molecular formula is C21H32N6O7. The van der Waals surface area contributed by atoms with Gasteiger partial charge in [-0.1, -0.05) is 35.8 Å². The van der Waals surface area contributed by atoms with E-state index in [-0.39, 0.29) is 31.8 Å². The first-order valence-electron chi connectivity index (χ1n) is 10.5. The molecule has 13 heteroatoms. The van der Waals surface area contributed by atoms with Gasteiger partial charge in [-0.05, 0) is 39.2 Å². The fourth-order valence-corrected chi connectivity index (χ4v) is 2.80. The number of esters is 1. The number of rotatable bonds is 11. The highest BCUT2D eigenvalue weighted by Gasteiger charge is 2.28. The number of amides is 2. The summed E-state index contributed by atoms with van der Waals surface area (Å²) in [4.78, 5) is 51.7. The molecule has 0 aliphatic carbocycles. The molecule has 34 heavy (non-hydrogen) atoms. The second-order valence-electron chi connectivity index (χ2n) is 8.25. The summed E-state index contributed by atoms with van der Waals surface area (Å²) < 4.78 is 10.0. The van der Waals surface area contributed by atoms with Crippen LogP contribution in [0.25, 0.3) is 0 Å². The van der Waals surface area contributed by atoms with Gasteiger partial charge in [0.2, 0.25) is 5.91 Å². The monoisotopic (exact) mass is 480 g/mol. The molecule has 0 radical (unpaired) electrons. The topological polar surface area (TPSA) is 187 Å². The van der Waals surface area contributed by atoms with Gasteiger partial charge in [-0.15, -0.1) is 0 Å². The van der Waals surface area contributed by atoms with Crippen molar-refractivity contribution >= 4 is 23.9 Å². The average Bonchev–Trinajstić information content (AvgIpc) is 2.73. The average molecular weight is 481 g/mol. The van der Waals surface area contributed by atoms with Crippen LogP contribution in [0.15, 0.2) is 35.3 Å². The van der Waals surface area contributed by atoms with Crippen LogP contribution >= 0.6 is 0 Å². The van der Waals surface area contributed by atoms with E-state index in [0.29, 0.717) is 0 Å². The van der Waals surface area contributed by atoms with Crippen LogP contribution in [0.2, 0.25) is 0 Å². The van der Waals surface area contributed by atoms with Crippen molar-refractivity contribution in [3.05, 3.63) is 46.0 Å². The molecule has 5 N–H and O–H groups in total. The fraction of sp³-hybridized carbons (Fsp3) is 0.524. The van der Waals surface area contributed by atoms with Crippen LogP contribution in [0.1, 0.15) is 39.2 Å². The summed E-state index contributed by atoms with van der Waals surface area (Å²) >= 11 is 0. The van der Waals surface area contributed by atoms with Gasteiger partial charge in [0.25, 0.3) is 5.96 Å². The summed E-state index contributed by atoms with van der Waals surface area (Å²) in [6.45, 7) is 5.08. The number of hydrazine groups is 1. The second-order valence-corrected chi connectivity index (χ2v) is 8.25. The van der Waals surface area contributed by atoms with E-state index < -0.39 is 40.7 Å². The van der Waals surface area contributed by atoms with Crippen LogP contribution < -0.4 is 21.8 Å². The van der Waals surface area contributed by atoms with Crippen molar-refractivity contribution in [2.75, 3.05) is 13.7 Å². The number of alkyl carbamates (subject to hydrolysis) is 1. The van der Waals surface area contributed by atoms with Gasteiger partial charge >= 0.3 is 12.1 Å². The Morgan fingerprint density at radius 1 is 1.15 bits per heavy atom. The van der Waals surface area contributed by atoms with Crippen molar-refractivity contribution in [1.82, 2.24) is 16.1 Å². The molecule has 0 spiro atoms. The SMILES string of the molecule is COC(=O)[C@H](Cc1ccccc1)NC(=O)[C@H](CCCN=C(N)N[N+](=O)[O-])NC(=O)OC(C)(C)C. The van der Waals surface area contributed by atoms with Crippen LogP contribution in [-0.2, 0) is 25.5 Å². The minimum atomic E-state index is -1.07. The number of nitrogens with one attached hydrogen (secondary N) is 3. The summed E-state index contributed by atoms with van der Waals surface area (Å²) in [7, 11) is 1.21. The van der Waals surface area contributed by atoms with E-state index in [1.165, 1.54) is 7.11 Å². The van der Waals surface area contributed by atoms with Gasteiger partial charge in [-0.25, -0.2) is 24.7 Å². The maximum atomic E-state index is 13.0. The third-order valence-electron chi connectivity index (χ3n) is 4.23. The van der Waals surface area contributed by atoms with E-state index in [2.05, 4.69) is 15.6 Å². The number of aliphatic imine (C=N–C) groups is 1. The van der Waals surface area contributed by atoms with E-state index in [0.717, 1.165) is 5.56 Å². The lowest BCUT2D eigenvalue weighted by atomic mass is 10.0. The molecule has 2 amide bonds. The maximum absolute atomic E-state index is 13.0. The third-order valence-corrected chi connectivity index (χ3v) is 4.23. The second kappa shape index (κ2) is 13.6. The van der Waals surface area contributed by atoms with E-state index in [1.54, 1.807) is 50.5 Å². The first-order chi connectivity index (χ1) is 15.9. The Morgan fingerprint density at radius 2 is 1.79 bits per heavy atom. The standard InChI is InChI=1S/C21H32N6O7/c1-21(2,3)34-20(30)25-15(11-8-12-23-19(22)26-27(31)32)17(28)24-16(18(29)33-4)13-14-9-6-5-7-10-14/h5-7,9-10,15-16H,8,11-13H2,1-4H3,(H,24,28)(H,25,30)(H3,22,23,26)/t15-,16-/m0/s1. The number of benzene rings is 1. The molecule has 1 aromatic carbocycles. The smallest absolute Gasteiger partial charge is 0.408 e. The fourth-order valence-electron chi connectivity index (χ4n) is 2.80. The van der Waals surface area contributed by atoms with Crippen LogP contribution in [0.4, 0.5) is 4.79 Å². The highest BCUT2D eigenvalue weighted by atomic mass is 16.7. The molecule has 0 heterocycles. The van der Waals surface area contributed by atoms with Gasteiger partial charge in [0.05, 0.1) is 7.11 Å². The number of hydrogen-bond donors (Lipinski definition) is 4. The molecule has 0 bridgehead atoms. The lowest BCUT2D eigenvalue weighted by Crippen LogP contribution is -2.53. The molecule has 1 rings (SSSR count). The molecule has 0 aliphatic rings. The zero-order valence-corrected chi connectivity index (χ0v) is 19.7. The summed E-state index contributed by atoms with van der Waals surface area (Å²) in [6, 6.07) is 6.99. The molecule has 1 aromatic rings. The normalized spacial score (nSPS) is 13.2. The third kappa shape index (κ3) is 11.6. The molecule has 0 saturated heterocycles. The van der Waals surface area contributed by atoms with E-state index >= 15 is 0 Å². The summed E-state index contributed by atoms with van der Waals surface area (Å²) in [5.74, 6) is -1.66. The number of carbonyl (C=O) groups is 3. The Labute approximate surface area is 197 Å². The van der Waals surface area contributed by atoms with E-state index in [4.69, 9.17) is 15.2 Å². The summed E-state index contributed by atoms with van der Waals surface area (Å²) in [5, 5.41) is 14.6. The molecule has 188 valence electrons. The van der Waals surface area contributed by atoms with Crippen molar-refractivity contribution in [3.8, 4) is 0 Å². The van der Waals surface area contributed by atoms with Crippen LogP contribution in [0.3, 0.4) is 0 Å². The van der Waals surface area contributed by atoms with Crippen LogP contribution in [0.5, 0.6) is 0 Å². The van der Waals surface area contributed by atoms with Crippen molar-refractivity contribution in [2.24, 2.45) is 10.7 Å². The van der Waals surface area contributed by atoms with Crippen LogP contribution in [-0.4, -0.2) is 60.3 Å². The number of hydrogen-bond acceptors (Lipinski definition) is 8. The first-order valence-corrected chi connectivity index (χ1v) is 10.5. The molecule has 0 fully saturated rings. The first kappa shape index (κ1) is 28.1. The van der Waals surface area contributed by atoms with E-state index in [1.807, 2.05) is 6.07 Å². The van der Waals surface area contributed by atoms with Gasteiger partial charge in [-0.3, -0.25) is 4.79 Å². The van der Waals surface area contributed by atoms with Crippen molar-refractivity contribution in [1.29, 1.82) is 0 Å². The molecule has 0 aliphatic heterocycles. The number of methoxy groups -OCH3 is 1. The summed E-state index contributed by atoms with van der Waals surface area (Å²) in [5.41, 5.74) is 7.09. The van der Waals surface area contributed by atoms with Crippen molar-refractivity contribution < 1.29 is 28.9 Å². The van der Waals surface area contributed by atoms with Gasteiger partial charge < -0.3 is 25.8 Å². The zero-order valence-electron chi connectivity index (χ0n) is 19.7. The number of nitrogens with zero attached hydrogens (tertiary/aromatic N) is 2. The largest absolute Gasteiger partial charge is 0.467 e. The Morgan fingerprint density at radius 3 is 2.35 bits per heavy atom. The Bertz CT molecular complexity index is 870. The van der Waals surface area contributed by atoms with Crippen molar-refractivity contribution in [3.63, 3.8) is 0 Å². The van der Waals surface area contributed by atoms with Gasteiger partial charge in [0.1, 0.15) is 17.7 Å². The summed E-state index contributed by atoms with van der Waals surface area (Å²) in [6.07, 6.45) is -0.288. The molecule has 13 nitrogen and oxygen atoms in total. The maximum Gasteiger partial charge on any atom is 0.408 e. The Hall–Kier alpha value is -3.90. The quantitative estimate of drug-likeness (QED) is 0.0880. The predicted molar refractivity (Wildman–Crippen MR) is 123 cm³/mol. The van der Waals surface area contributed by atoms with E-state index in [9.17, 15) is 24.5 Å². The molecule has 0 aromatic heterocycles. The molecule has 2 atom stereocenters. The highest BCUT2D eigenvalue weighted by Crippen LogP contribution is 2.09. The predicted octanol–water partition coefficient (Wildman–Crippen LogP) is 0.656. The Balaban J connectivity index is 2.91. The lowest BCUT2D eigenvalue weighted by Gasteiger charge is -2.25. The van der Waals surface area contributed by atoms with Crippen molar-refractivity contribution in [2.45, 2.75) is 57.7 Å². The zero-order chi connectivity index (χ0) is 25.7. The number of ether oxygens (including phenoxy) is 2. The van der Waals surface area contributed by atoms with Gasteiger partial charge in [0, 0.05) is 13.0 Å². The number of nitro groups is 1. The molecule has 0 unspecified atom stereocenters. The number of carbonyl (C=O) groups excluding carboxylic acids is 3. The Kier molecular flexibility index (Phi) is 11.3.